The number of hydrogen-bond donors (Lipinski definition) is 2. The molecular weight excluding hydrogens is 272 g/mol. The van der Waals surface area contributed by atoms with Crippen LogP contribution in [0.1, 0.15) is 18.4 Å². The molecule has 1 heterocycles. The highest BCUT2D eigenvalue weighted by atomic mass is 16.5. The van der Waals surface area contributed by atoms with E-state index in [1.807, 2.05) is 30.3 Å². The molecule has 1 aliphatic heterocycles. The fraction of sp³-hybridized carbons (Fsp3) is 0.467. The largest absolute Gasteiger partial charge is 0.468 e. The van der Waals surface area contributed by atoms with Crippen molar-refractivity contribution >= 4 is 12.1 Å². The molecule has 6 heteroatoms. The van der Waals surface area contributed by atoms with Crippen LogP contribution in [0.25, 0.3) is 0 Å². The molecule has 1 amide bonds. The van der Waals surface area contributed by atoms with E-state index in [1.165, 1.54) is 7.11 Å². The summed E-state index contributed by atoms with van der Waals surface area (Å²) in [6, 6.07) is 9.03. The van der Waals surface area contributed by atoms with Gasteiger partial charge in [-0.3, -0.25) is 4.79 Å². The predicted molar refractivity (Wildman–Crippen MR) is 76.6 cm³/mol. The molecule has 0 aliphatic carbocycles. The third-order valence-corrected chi connectivity index (χ3v) is 3.42. The molecule has 0 unspecified atom stereocenters. The van der Waals surface area contributed by atoms with Crippen LogP contribution >= 0.6 is 0 Å². The minimum atomic E-state index is -0.464. The molecule has 6 nitrogen and oxygen atoms in total. The number of carbonyl (C=O) groups excluding carboxylic acids is 2. The second-order valence-corrected chi connectivity index (χ2v) is 4.96. The fourth-order valence-electron chi connectivity index (χ4n) is 2.30. The SMILES string of the molecule is COC(=O)[C@H]1C[C@@H](NC(=O)OCc2ccccc2)CCN1. The third kappa shape index (κ3) is 4.75. The van der Waals surface area contributed by atoms with Crippen molar-refractivity contribution in [2.24, 2.45) is 0 Å². The number of rotatable bonds is 4. The van der Waals surface area contributed by atoms with E-state index < -0.39 is 6.09 Å². The lowest BCUT2D eigenvalue weighted by Gasteiger charge is -2.28. The van der Waals surface area contributed by atoms with Crippen molar-refractivity contribution in [1.29, 1.82) is 0 Å². The Kier molecular flexibility index (Phi) is 5.57. The lowest BCUT2D eigenvalue weighted by atomic mass is 10.00. The Labute approximate surface area is 123 Å². The van der Waals surface area contributed by atoms with Crippen molar-refractivity contribution in [3.63, 3.8) is 0 Å². The number of ether oxygens (including phenoxy) is 2. The van der Waals surface area contributed by atoms with E-state index in [0.717, 1.165) is 12.0 Å². The van der Waals surface area contributed by atoms with Crippen LogP contribution < -0.4 is 10.6 Å². The number of nitrogens with one attached hydrogen (secondary N) is 2. The fourth-order valence-corrected chi connectivity index (χ4v) is 2.30. The number of carbonyl (C=O) groups is 2. The Balaban J connectivity index is 1.76. The molecule has 114 valence electrons. The molecule has 0 saturated carbocycles. The van der Waals surface area contributed by atoms with Gasteiger partial charge in [-0.15, -0.1) is 0 Å². The molecule has 1 aromatic carbocycles. The van der Waals surface area contributed by atoms with Gasteiger partial charge in [0.2, 0.25) is 0 Å². The maximum atomic E-state index is 11.8. The quantitative estimate of drug-likeness (QED) is 0.816. The molecule has 2 rings (SSSR count). The first-order chi connectivity index (χ1) is 10.2. The van der Waals surface area contributed by atoms with E-state index in [0.29, 0.717) is 13.0 Å². The van der Waals surface area contributed by atoms with Gasteiger partial charge in [-0.1, -0.05) is 30.3 Å². The maximum absolute atomic E-state index is 11.8. The number of benzene rings is 1. The second-order valence-electron chi connectivity index (χ2n) is 4.96. The molecule has 0 bridgehead atoms. The zero-order valence-corrected chi connectivity index (χ0v) is 12.0. The molecule has 1 fully saturated rings. The van der Waals surface area contributed by atoms with Gasteiger partial charge >= 0.3 is 12.1 Å². The highest BCUT2D eigenvalue weighted by Crippen LogP contribution is 2.10. The van der Waals surface area contributed by atoms with E-state index in [-0.39, 0.29) is 24.7 Å². The van der Waals surface area contributed by atoms with E-state index in [4.69, 9.17) is 9.47 Å². The molecule has 0 spiro atoms. The summed E-state index contributed by atoms with van der Waals surface area (Å²) in [6.07, 6.45) is 0.801. The topological polar surface area (TPSA) is 76.7 Å². The summed E-state index contributed by atoms with van der Waals surface area (Å²) in [6.45, 7) is 0.890. The van der Waals surface area contributed by atoms with E-state index in [9.17, 15) is 9.59 Å². The number of piperidine rings is 1. The van der Waals surface area contributed by atoms with Crippen molar-refractivity contribution in [2.75, 3.05) is 13.7 Å². The van der Waals surface area contributed by atoms with Crippen molar-refractivity contribution in [3.05, 3.63) is 35.9 Å². The molecule has 0 aromatic heterocycles. The Hall–Kier alpha value is -2.08. The van der Waals surface area contributed by atoms with Crippen LogP contribution in [-0.4, -0.2) is 37.8 Å². The van der Waals surface area contributed by atoms with Gasteiger partial charge in [0.05, 0.1) is 7.11 Å². The first kappa shape index (κ1) is 15.3. The highest BCUT2D eigenvalue weighted by molar-refractivity contribution is 5.76. The van der Waals surface area contributed by atoms with Gasteiger partial charge in [0.25, 0.3) is 0 Å². The van der Waals surface area contributed by atoms with Crippen molar-refractivity contribution in [2.45, 2.75) is 31.5 Å². The van der Waals surface area contributed by atoms with E-state index >= 15 is 0 Å². The van der Waals surface area contributed by atoms with Crippen molar-refractivity contribution in [3.8, 4) is 0 Å². The summed E-state index contributed by atoms with van der Waals surface area (Å²) in [5.41, 5.74) is 0.936. The first-order valence-corrected chi connectivity index (χ1v) is 6.97. The standard InChI is InChI=1S/C15H20N2O4/c1-20-14(18)13-9-12(7-8-16-13)17-15(19)21-10-11-5-3-2-4-6-11/h2-6,12-13,16H,7-10H2,1H3,(H,17,19)/t12-,13+/m0/s1. The molecule has 21 heavy (non-hydrogen) atoms. The van der Waals surface area contributed by atoms with Gasteiger partial charge < -0.3 is 20.1 Å². The summed E-state index contributed by atoms with van der Waals surface area (Å²) in [5.74, 6) is -0.306. The number of hydrogen-bond acceptors (Lipinski definition) is 5. The Morgan fingerprint density at radius 3 is 2.81 bits per heavy atom. The number of esters is 1. The van der Waals surface area contributed by atoms with Gasteiger partial charge in [0.1, 0.15) is 12.6 Å². The molecule has 2 N–H and O–H groups in total. The molecule has 1 aliphatic rings. The average molecular weight is 292 g/mol. The van der Waals surface area contributed by atoms with Gasteiger partial charge in [0, 0.05) is 6.04 Å². The highest BCUT2D eigenvalue weighted by Gasteiger charge is 2.28. The minimum Gasteiger partial charge on any atom is -0.468 e. The second kappa shape index (κ2) is 7.64. The summed E-state index contributed by atoms with van der Waals surface area (Å²) in [7, 11) is 1.36. The van der Waals surface area contributed by atoms with Crippen molar-refractivity contribution < 1.29 is 19.1 Å². The number of methoxy groups -OCH3 is 1. The maximum Gasteiger partial charge on any atom is 0.407 e. The molecule has 2 atom stereocenters. The Bertz CT molecular complexity index is 478. The zero-order valence-electron chi connectivity index (χ0n) is 12.0. The summed E-state index contributed by atoms with van der Waals surface area (Å²) < 4.78 is 9.87. The summed E-state index contributed by atoms with van der Waals surface area (Å²) in [4.78, 5) is 23.2. The van der Waals surface area contributed by atoms with Gasteiger partial charge in [-0.2, -0.15) is 0 Å². The Morgan fingerprint density at radius 2 is 2.10 bits per heavy atom. The monoisotopic (exact) mass is 292 g/mol. The molecule has 1 aromatic rings. The van der Waals surface area contributed by atoms with Gasteiger partial charge in [-0.25, -0.2) is 4.79 Å². The zero-order chi connectivity index (χ0) is 15.1. The van der Waals surface area contributed by atoms with Crippen LogP contribution in [0.4, 0.5) is 4.79 Å². The molecule has 1 saturated heterocycles. The molecular formula is C15H20N2O4. The van der Waals surface area contributed by atoms with Gasteiger partial charge in [-0.05, 0) is 24.9 Å². The van der Waals surface area contributed by atoms with Gasteiger partial charge in [0.15, 0.2) is 0 Å². The van der Waals surface area contributed by atoms with Crippen LogP contribution in [0.2, 0.25) is 0 Å². The van der Waals surface area contributed by atoms with Crippen LogP contribution in [-0.2, 0) is 20.9 Å². The lowest BCUT2D eigenvalue weighted by Crippen LogP contribution is -2.51. The first-order valence-electron chi connectivity index (χ1n) is 6.97. The predicted octanol–water partition coefficient (Wildman–Crippen LogP) is 1.21. The van der Waals surface area contributed by atoms with Crippen LogP contribution in [0.5, 0.6) is 0 Å². The Morgan fingerprint density at radius 1 is 1.33 bits per heavy atom. The van der Waals surface area contributed by atoms with E-state index in [2.05, 4.69) is 10.6 Å². The van der Waals surface area contributed by atoms with E-state index in [1.54, 1.807) is 0 Å². The van der Waals surface area contributed by atoms with Crippen LogP contribution in [0, 0.1) is 0 Å². The summed E-state index contributed by atoms with van der Waals surface area (Å²) in [5, 5.41) is 5.85. The van der Waals surface area contributed by atoms with Crippen molar-refractivity contribution in [1.82, 2.24) is 10.6 Å². The minimum absolute atomic E-state index is 0.0846. The number of amides is 1. The normalized spacial score (nSPS) is 21.4. The molecule has 0 radical (unpaired) electrons. The number of alkyl carbamates (subject to hydrolysis) is 1. The van der Waals surface area contributed by atoms with Crippen LogP contribution in [0.15, 0.2) is 30.3 Å². The third-order valence-electron chi connectivity index (χ3n) is 3.42. The lowest BCUT2D eigenvalue weighted by molar-refractivity contribution is -0.143. The average Bonchev–Trinajstić information content (AvgIpc) is 2.53. The summed E-state index contributed by atoms with van der Waals surface area (Å²) >= 11 is 0. The van der Waals surface area contributed by atoms with Crippen LogP contribution in [0.3, 0.4) is 0 Å². The smallest absolute Gasteiger partial charge is 0.407 e.